The predicted octanol–water partition coefficient (Wildman–Crippen LogP) is 4.84. The minimum Gasteiger partial charge on any atom is -0.333 e. The maximum atomic E-state index is 6.24. The van der Waals surface area contributed by atoms with Crippen molar-refractivity contribution in [2.45, 2.75) is 6.92 Å². The van der Waals surface area contributed by atoms with E-state index in [-0.39, 0.29) is 0 Å². The van der Waals surface area contributed by atoms with Crippen LogP contribution in [-0.4, -0.2) is 10.1 Å². The molecule has 0 atom stereocenters. The molecule has 2 aromatic heterocycles. The SMILES string of the molecule is Cc1cccc(/C=C(\Cl)c2nc(-c3cccs3)no2)c1. The van der Waals surface area contributed by atoms with Gasteiger partial charge < -0.3 is 4.52 Å². The van der Waals surface area contributed by atoms with Gasteiger partial charge in [0.1, 0.15) is 5.03 Å². The molecule has 0 bridgehead atoms. The topological polar surface area (TPSA) is 38.9 Å². The van der Waals surface area contributed by atoms with Crippen molar-refractivity contribution in [2.75, 3.05) is 0 Å². The van der Waals surface area contributed by atoms with Gasteiger partial charge in [0.25, 0.3) is 5.89 Å². The van der Waals surface area contributed by atoms with E-state index in [0.29, 0.717) is 16.7 Å². The van der Waals surface area contributed by atoms with Crippen LogP contribution in [0.2, 0.25) is 0 Å². The highest BCUT2D eigenvalue weighted by atomic mass is 35.5. The first-order valence-electron chi connectivity index (χ1n) is 6.04. The van der Waals surface area contributed by atoms with Crippen LogP contribution in [0.25, 0.3) is 21.8 Å². The molecule has 1 aromatic carbocycles. The summed E-state index contributed by atoms with van der Waals surface area (Å²) in [5.74, 6) is 0.891. The molecule has 0 aliphatic rings. The average molecular weight is 303 g/mol. The lowest BCUT2D eigenvalue weighted by Crippen LogP contribution is -1.80. The normalized spacial score (nSPS) is 11.8. The van der Waals surface area contributed by atoms with Gasteiger partial charge in [-0.3, -0.25) is 0 Å². The molecule has 0 N–H and O–H groups in total. The summed E-state index contributed by atoms with van der Waals surface area (Å²) in [6.45, 7) is 2.03. The zero-order valence-corrected chi connectivity index (χ0v) is 12.3. The molecular formula is C15H11ClN2OS. The number of rotatable bonds is 3. The Hall–Kier alpha value is -1.91. The molecule has 0 radical (unpaired) electrons. The van der Waals surface area contributed by atoms with E-state index >= 15 is 0 Å². The Morgan fingerprint density at radius 2 is 2.20 bits per heavy atom. The van der Waals surface area contributed by atoms with Gasteiger partial charge in [0.2, 0.25) is 5.82 Å². The van der Waals surface area contributed by atoms with E-state index in [4.69, 9.17) is 16.1 Å². The summed E-state index contributed by atoms with van der Waals surface area (Å²) >= 11 is 7.80. The highest BCUT2D eigenvalue weighted by Crippen LogP contribution is 2.26. The quantitative estimate of drug-likeness (QED) is 0.694. The van der Waals surface area contributed by atoms with E-state index in [1.165, 1.54) is 5.56 Å². The van der Waals surface area contributed by atoms with Gasteiger partial charge in [-0.15, -0.1) is 11.3 Å². The van der Waals surface area contributed by atoms with Crippen molar-refractivity contribution in [3.8, 4) is 10.7 Å². The summed E-state index contributed by atoms with van der Waals surface area (Å²) < 4.78 is 5.20. The van der Waals surface area contributed by atoms with Crippen LogP contribution < -0.4 is 0 Å². The van der Waals surface area contributed by atoms with Crippen LogP contribution in [0.5, 0.6) is 0 Å². The Labute approximate surface area is 125 Å². The van der Waals surface area contributed by atoms with Gasteiger partial charge in [-0.2, -0.15) is 4.98 Å². The standard InChI is InChI=1S/C15H11ClN2OS/c1-10-4-2-5-11(8-10)9-12(16)15-17-14(18-19-15)13-6-3-7-20-13/h2-9H,1H3/b12-9-. The molecule has 100 valence electrons. The van der Waals surface area contributed by atoms with Crippen LogP contribution in [0.4, 0.5) is 0 Å². The fourth-order valence-electron chi connectivity index (χ4n) is 1.79. The molecule has 0 saturated heterocycles. The third-order valence-electron chi connectivity index (χ3n) is 2.71. The van der Waals surface area contributed by atoms with E-state index in [0.717, 1.165) is 10.4 Å². The molecule has 0 spiro atoms. The predicted molar refractivity (Wildman–Crippen MR) is 82.5 cm³/mol. The Bertz CT molecular complexity index is 747. The molecule has 0 aliphatic heterocycles. The van der Waals surface area contributed by atoms with Crippen molar-refractivity contribution in [1.82, 2.24) is 10.1 Å². The van der Waals surface area contributed by atoms with E-state index in [9.17, 15) is 0 Å². The third-order valence-corrected chi connectivity index (χ3v) is 3.84. The van der Waals surface area contributed by atoms with Crippen LogP contribution in [0.1, 0.15) is 17.0 Å². The lowest BCUT2D eigenvalue weighted by atomic mass is 10.1. The second-order valence-electron chi connectivity index (χ2n) is 4.31. The van der Waals surface area contributed by atoms with Gasteiger partial charge in [0, 0.05) is 0 Å². The molecule has 0 aliphatic carbocycles. The number of hydrogen-bond acceptors (Lipinski definition) is 4. The molecular weight excluding hydrogens is 292 g/mol. The van der Waals surface area contributed by atoms with Crippen molar-refractivity contribution >= 4 is 34.0 Å². The summed E-state index contributed by atoms with van der Waals surface area (Å²) in [5, 5.41) is 6.34. The summed E-state index contributed by atoms with van der Waals surface area (Å²) in [6, 6.07) is 11.9. The molecule has 0 saturated carbocycles. The van der Waals surface area contributed by atoms with Crippen molar-refractivity contribution in [1.29, 1.82) is 0 Å². The first-order chi connectivity index (χ1) is 9.72. The van der Waals surface area contributed by atoms with Crippen LogP contribution in [-0.2, 0) is 0 Å². The van der Waals surface area contributed by atoms with Gasteiger partial charge >= 0.3 is 0 Å². The molecule has 3 aromatic rings. The van der Waals surface area contributed by atoms with Gasteiger partial charge in [0.05, 0.1) is 4.88 Å². The lowest BCUT2D eigenvalue weighted by molar-refractivity contribution is 0.410. The fraction of sp³-hybridized carbons (Fsp3) is 0.0667. The Morgan fingerprint density at radius 3 is 2.95 bits per heavy atom. The van der Waals surface area contributed by atoms with Crippen molar-refractivity contribution in [2.24, 2.45) is 0 Å². The summed E-state index contributed by atoms with van der Waals surface area (Å²) in [4.78, 5) is 5.26. The van der Waals surface area contributed by atoms with Gasteiger partial charge in [-0.1, -0.05) is 52.7 Å². The maximum absolute atomic E-state index is 6.24. The molecule has 0 fully saturated rings. The molecule has 3 nitrogen and oxygen atoms in total. The van der Waals surface area contributed by atoms with Gasteiger partial charge in [-0.25, -0.2) is 0 Å². The summed E-state index contributed by atoms with van der Waals surface area (Å²) in [6.07, 6.45) is 1.82. The van der Waals surface area contributed by atoms with E-state index in [2.05, 4.69) is 10.1 Å². The average Bonchev–Trinajstić information content (AvgIpc) is 3.10. The molecule has 20 heavy (non-hydrogen) atoms. The van der Waals surface area contributed by atoms with E-state index < -0.39 is 0 Å². The highest BCUT2D eigenvalue weighted by Gasteiger charge is 2.11. The molecule has 3 rings (SSSR count). The summed E-state index contributed by atoms with van der Waals surface area (Å²) in [7, 11) is 0. The van der Waals surface area contributed by atoms with Crippen molar-refractivity contribution in [3.63, 3.8) is 0 Å². The fourth-order valence-corrected chi connectivity index (χ4v) is 2.65. The second kappa shape index (κ2) is 5.61. The number of aryl methyl sites for hydroxylation is 1. The number of aromatic nitrogens is 2. The van der Waals surface area contributed by atoms with Crippen LogP contribution >= 0.6 is 22.9 Å². The number of nitrogens with zero attached hydrogens (tertiary/aromatic N) is 2. The molecule has 0 amide bonds. The zero-order chi connectivity index (χ0) is 13.9. The van der Waals surface area contributed by atoms with Crippen LogP contribution in [0, 0.1) is 6.92 Å². The van der Waals surface area contributed by atoms with Crippen LogP contribution in [0.15, 0.2) is 46.3 Å². The minimum absolute atomic E-state index is 0.330. The number of benzene rings is 1. The van der Waals surface area contributed by atoms with E-state index in [1.54, 1.807) is 11.3 Å². The smallest absolute Gasteiger partial charge is 0.269 e. The van der Waals surface area contributed by atoms with Crippen molar-refractivity contribution < 1.29 is 4.52 Å². The number of thiophene rings is 1. The summed E-state index contributed by atoms with van der Waals surface area (Å²) in [5.41, 5.74) is 2.18. The Balaban J connectivity index is 1.89. The van der Waals surface area contributed by atoms with Gasteiger partial charge in [-0.05, 0) is 30.0 Å². The van der Waals surface area contributed by atoms with E-state index in [1.807, 2.05) is 54.8 Å². The Kier molecular flexibility index (Phi) is 3.67. The maximum Gasteiger partial charge on any atom is 0.269 e. The van der Waals surface area contributed by atoms with Crippen molar-refractivity contribution in [3.05, 3.63) is 58.8 Å². The lowest BCUT2D eigenvalue weighted by Gasteiger charge is -1.96. The zero-order valence-electron chi connectivity index (χ0n) is 10.7. The van der Waals surface area contributed by atoms with Crippen LogP contribution in [0.3, 0.4) is 0 Å². The molecule has 0 unspecified atom stereocenters. The largest absolute Gasteiger partial charge is 0.333 e. The van der Waals surface area contributed by atoms with Gasteiger partial charge in [0.15, 0.2) is 0 Å². The first-order valence-corrected chi connectivity index (χ1v) is 7.30. The monoisotopic (exact) mass is 302 g/mol. The number of halogens is 1. The first kappa shape index (κ1) is 13.1. The highest BCUT2D eigenvalue weighted by molar-refractivity contribution is 7.13. The third kappa shape index (κ3) is 2.81. The molecule has 5 heteroatoms. The number of hydrogen-bond donors (Lipinski definition) is 0. The second-order valence-corrected chi connectivity index (χ2v) is 5.66. The Morgan fingerprint density at radius 1 is 1.30 bits per heavy atom. The minimum atomic E-state index is 0.330. The molecule has 2 heterocycles.